The van der Waals surface area contributed by atoms with Gasteiger partial charge in [-0.05, 0) is 26.0 Å². The summed E-state index contributed by atoms with van der Waals surface area (Å²) < 4.78 is 7.43. The molecule has 1 atom stereocenters. The van der Waals surface area contributed by atoms with Crippen molar-refractivity contribution in [1.29, 1.82) is 0 Å². The van der Waals surface area contributed by atoms with Crippen LogP contribution in [0.1, 0.15) is 31.5 Å². The standard InChI is InChI=1S/C14H17N3O/c1-5-14(2,3)16-12(11-7-6-10-18-11)13-15-8-9-17(13)4/h1,6-10,12,16H,2-4H3. The van der Waals surface area contributed by atoms with E-state index in [1.165, 1.54) is 0 Å². The van der Waals surface area contributed by atoms with Gasteiger partial charge in [-0.3, -0.25) is 5.32 Å². The van der Waals surface area contributed by atoms with E-state index in [0.29, 0.717) is 0 Å². The third-order valence-electron chi connectivity index (χ3n) is 2.81. The molecule has 0 fully saturated rings. The van der Waals surface area contributed by atoms with E-state index in [4.69, 9.17) is 10.8 Å². The molecule has 18 heavy (non-hydrogen) atoms. The average Bonchev–Trinajstić information content (AvgIpc) is 2.97. The van der Waals surface area contributed by atoms with Crippen LogP contribution in [0.15, 0.2) is 35.2 Å². The van der Waals surface area contributed by atoms with Crippen molar-refractivity contribution in [3.05, 3.63) is 42.4 Å². The molecule has 0 aliphatic heterocycles. The van der Waals surface area contributed by atoms with Crippen LogP contribution in [-0.2, 0) is 7.05 Å². The van der Waals surface area contributed by atoms with Crippen LogP contribution in [0.5, 0.6) is 0 Å². The first-order valence-corrected chi connectivity index (χ1v) is 5.79. The van der Waals surface area contributed by atoms with E-state index < -0.39 is 5.54 Å². The van der Waals surface area contributed by atoms with Crippen LogP contribution in [0.2, 0.25) is 0 Å². The summed E-state index contributed by atoms with van der Waals surface area (Å²) in [6.45, 7) is 3.90. The van der Waals surface area contributed by atoms with Crippen LogP contribution in [0.4, 0.5) is 0 Å². The maximum Gasteiger partial charge on any atom is 0.133 e. The molecule has 2 aromatic rings. The molecular formula is C14H17N3O. The molecule has 2 rings (SSSR count). The molecule has 0 radical (unpaired) electrons. The molecule has 0 aromatic carbocycles. The molecule has 1 unspecified atom stereocenters. The topological polar surface area (TPSA) is 43.0 Å². The fraction of sp³-hybridized carbons (Fsp3) is 0.357. The number of aryl methyl sites for hydroxylation is 1. The predicted molar refractivity (Wildman–Crippen MR) is 69.8 cm³/mol. The lowest BCUT2D eigenvalue weighted by Crippen LogP contribution is -2.41. The van der Waals surface area contributed by atoms with Crippen molar-refractivity contribution >= 4 is 0 Å². The zero-order valence-corrected chi connectivity index (χ0v) is 10.8. The highest BCUT2D eigenvalue weighted by molar-refractivity contribution is 5.20. The molecule has 0 saturated carbocycles. The van der Waals surface area contributed by atoms with Gasteiger partial charge in [-0.2, -0.15) is 0 Å². The van der Waals surface area contributed by atoms with Crippen LogP contribution in [0.3, 0.4) is 0 Å². The molecule has 4 heteroatoms. The van der Waals surface area contributed by atoms with Crippen molar-refractivity contribution in [2.24, 2.45) is 7.05 Å². The number of furan rings is 1. The van der Waals surface area contributed by atoms with Gasteiger partial charge >= 0.3 is 0 Å². The SMILES string of the molecule is C#CC(C)(C)NC(c1ccco1)c1nccn1C. The summed E-state index contributed by atoms with van der Waals surface area (Å²) in [5, 5.41) is 3.38. The monoisotopic (exact) mass is 243 g/mol. The minimum absolute atomic E-state index is 0.161. The normalized spacial score (nSPS) is 13.2. The lowest BCUT2D eigenvalue weighted by molar-refractivity contribution is 0.373. The highest BCUT2D eigenvalue weighted by atomic mass is 16.3. The second kappa shape index (κ2) is 4.71. The van der Waals surface area contributed by atoms with Gasteiger partial charge in [-0.1, -0.05) is 5.92 Å². The zero-order valence-electron chi connectivity index (χ0n) is 10.8. The van der Waals surface area contributed by atoms with Crippen molar-refractivity contribution in [3.63, 3.8) is 0 Å². The lowest BCUT2D eigenvalue weighted by atomic mass is 10.0. The first kappa shape index (κ1) is 12.5. The maximum absolute atomic E-state index is 5.53. The third-order valence-corrected chi connectivity index (χ3v) is 2.81. The molecule has 2 heterocycles. The second-order valence-electron chi connectivity index (χ2n) is 4.76. The molecule has 0 bridgehead atoms. The number of aromatic nitrogens is 2. The van der Waals surface area contributed by atoms with E-state index in [2.05, 4.69) is 16.2 Å². The van der Waals surface area contributed by atoms with Gasteiger partial charge in [0.2, 0.25) is 0 Å². The molecule has 2 aromatic heterocycles. The van der Waals surface area contributed by atoms with Gasteiger partial charge < -0.3 is 8.98 Å². The summed E-state index contributed by atoms with van der Waals surface area (Å²) in [5.41, 5.74) is -0.441. The van der Waals surface area contributed by atoms with Crippen LogP contribution < -0.4 is 5.32 Å². The molecule has 0 amide bonds. The van der Waals surface area contributed by atoms with E-state index in [9.17, 15) is 0 Å². The Morgan fingerprint density at radius 1 is 1.56 bits per heavy atom. The number of nitrogens with zero attached hydrogens (tertiary/aromatic N) is 2. The van der Waals surface area contributed by atoms with E-state index >= 15 is 0 Å². The number of hydrogen-bond donors (Lipinski definition) is 1. The Labute approximate surface area is 107 Å². The van der Waals surface area contributed by atoms with Gasteiger partial charge in [0.1, 0.15) is 17.6 Å². The summed E-state index contributed by atoms with van der Waals surface area (Å²) in [5.74, 6) is 4.39. The first-order valence-electron chi connectivity index (χ1n) is 5.79. The van der Waals surface area contributed by atoms with E-state index in [-0.39, 0.29) is 6.04 Å². The Bertz CT molecular complexity index is 546. The maximum atomic E-state index is 5.53. The summed E-state index contributed by atoms with van der Waals surface area (Å²) in [6, 6.07) is 3.61. The summed E-state index contributed by atoms with van der Waals surface area (Å²) in [6.07, 6.45) is 10.8. The molecule has 0 spiro atoms. The number of hydrogen-bond acceptors (Lipinski definition) is 3. The largest absolute Gasteiger partial charge is 0.467 e. The van der Waals surface area contributed by atoms with Crippen LogP contribution in [0, 0.1) is 12.3 Å². The fourth-order valence-electron chi connectivity index (χ4n) is 1.78. The van der Waals surface area contributed by atoms with Gasteiger partial charge in [-0.25, -0.2) is 4.98 Å². The van der Waals surface area contributed by atoms with Crippen LogP contribution in [-0.4, -0.2) is 15.1 Å². The molecule has 94 valence electrons. The first-order chi connectivity index (χ1) is 8.53. The second-order valence-corrected chi connectivity index (χ2v) is 4.76. The van der Waals surface area contributed by atoms with Gasteiger partial charge in [0, 0.05) is 19.4 Å². The quantitative estimate of drug-likeness (QED) is 0.836. The van der Waals surface area contributed by atoms with E-state index in [0.717, 1.165) is 11.6 Å². The number of rotatable bonds is 4. The molecule has 4 nitrogen and oxygen atoms in total. The van der Waals surface area contributed by atoms with Gasteiger partial charge in [-0.15, -0.1) is 6.42 Å². The lowest BCUT2D eigenvalue weighted by Gasteiger charge is -2.26. The summed E-state index contributed by atoms with van der Waals surface area (Å²) in [7, 11) is 1.95. The Hall–Kier alpha value is -1.99. The summed E-state index contributed by atoms with van der Waals surface area (Å²) >= 11 is 0. The zero-order chi connectivity index (χ0) is 13.2. The molecule has 0 aliphatic carbocycles. The van der Waals surface area contributed by atoms with E-state index in [1.807, 2.05) is 43.8 Å². The molecular weight excluding hydrogens is 226 g/mol. The number of nitrogens with one attached hydrogen (secondary N) is 1. The van der Waals surface area contributed by atoms with Crippen LogP contribution >= 0.6 is 0 Å². The highest BCUT2D eigenvalue weighted by Crippen LogP contribution is 2.23. The Morgan fingerprint density at radius 2 is 2.33 bits per heavy atom. The third kappa shape index (κ3) is 2.47. The van der Waals surface area contributed by atoms with Crippen molar-refractivity contribution in [1.82, 2.24) is 14.9 Å². The molecule has 0 saturated heterocycles. The fourth-order valence-corrected chi connectivity index (χ4v) is 1.78. The van der Waals surface area contributed by atoms with Gasteiger partial charge in [0.25, 0.3) is 0 Å². The van der Waals surface area contributed by atoms with Crippen LogP contribution in [0.25, 0.3) is 0 Å². The predicted octanol–water partition coefficient (Wildman–Crippen LogP) is 2.10. The van der Waals surface area contributed by atoms with Gasteiger partial charge in [0.05, 0.1) is 11.8 Å². The van der Waals surface area contributed by atoms with Crippen molar-refractivity contribution in [3.8, 4) is 12.3 Å². The molecule has 0 aliphatic rings. The minimum Gasteiger partial charge on any atom is -0.467 e. The number of terminal acetylenes is 1. The van der Waals surface area contributed by atoms with Crippen molar-refractivity contribution in [2.75, 3.05) is 0 Å². The number of imidazole rings is 1. The average molecular weight is 243 g/mol. The van der Waals surface area contributed by atoms with E-state index in [1.54, 1.807) is 12.5 Å². The Balaban J connectivity index is 2.37. The Morgan fingerprint density at radius 3 is 2.83 bits per heavy atom. The highest BCUT2D eigenvalue weighted by Gasteiger charge is 2.27. The summed E-state index contributed by atoms with van der Waals surface area (Å²) in [4.78, 5) is 4.36. The molecule has 1 N–H and O–H groups in total. The Kier molecular flexibility index (Phi) is 3.26. The van der Waals surface area contributed by atoms with Crippen molar-refractivity contribution < 1.29 is 4.42 Å². The smallest absolute Gasteiger partial charge is 0.133 e. The minimum atomic E-state index is -0.441. The van der Waals surface area contributed by atoms with Crippen molar-refractivity contribution in [2.45, 2.75) is 25.4 Å². The van der Waals surface area contributed by atoms with Gasteiger partial charge in [0.15, 0.2) is 0 Å².